The highest BCUT2D eigenvalue weighted by Crippen LogP contribution is 2.02. The molecule has 1 aliphatic rings. The number of hydrogen-bond donors (Lipinski definition) is 1. The number of nitrogens with zero attached hydrogens (tertiary/aromatic N) is 1. The fourth-order valence-corrected chi connectivity index (χ4v) is 0.490. The number of ether oxygens (including phenoxy) is 1. The number of rotatable bonds is 1. The molecule has 0 saturated heterocycles. The minimum atomic E-state index is 0.729. The van der Waals surface area contributed by atoms with Gasteiger partial charge in [-0.3, -0.25) is 5.43 Å². The molecule has 0 fully saturated rings. The van der Waals surface area contributed by atoms with Crippen molar-refractivity contribution in [1.29, 1.82) is 0 Å². The van der Waals surface area contributed by atoms with Crippen LogP contribution in [0.15, 0.2) is 12.0 Å². The zero-order chi connectivity index (χ0) is 5.98. The number of hydrogen-bond acceptors (Lipinski definition) is 3. The molecule has 1 N–H and O–H groups in total. The molecule has 2 radical (unpaired) electrons. The summed E-state index contributed by atoms with van der Waals surface area (Å²) >= 11 is 0. The largest absolute Gasteiger partial charge is 0.482 e. The topological polar surface area (TPSA) is 24.5 Å². The van der Waals surface area contributed by atoms with Gasteiger partial charge in [0.15, 0.2) is 5.88 Å². The van der Waals surface area contributed by atoms with Crippen molar-refractivity contribution in [3.8, 4) is 0 Å². The maximum absolute atomic E-state index is 4.83. The van der Waals surface area contributed by atoms with E-state index in [0.29, 0.717) is 0 Å². The van der Waals surface area contributed by atoms with Crippen LogP contribution in [0.25, 0.3) is 0 Å². The van der Waals surface area contributed by atoms with E-state index in [9.17, 15) is 0 Å². The van der Waals surface area contributed by atoms with E-state index >= 15 is 0 Å². The van der Waals surface area contributed by atoms with Crippen molar-refractivity contribution in [2.45, 2.75) is 0 Å². The highest BCUT2D eigenvalue weighted by atomic mass is 16.5. The zero-order valence-electron chi connectivity index (χ0n) is 4.93. The summed E-state index contributed by atoms with van der Waals surface area (Å²) < 4.78 is 4.83. The van der Waals surface area contributed by atoms with Crippen molar-refractivity contribution in [3.05, 3.63) is 18.5 Å². The second kappa shape index (κ2) is 2.05. The predicted octanol–water partition coefficient (Wildman–Crippen LogP) is -0.0370. The number of nitrogens with one attached hydrogen (secondary N) is 1. The molecule has 0 saturated carbocycles. The average molecular weight is 112 g/mol. The maximum Gasteiger partial charge on any atom is 0.199 e. The van der Waals surface area contributed by atoms with Crippen molar-refractivity contribution >= 4 is 0 Å². The van der Waals surface area contributed by atoms with Gasteiger partial charge >= 0.3 is 0 Å². The molecule has 0 aromatic rings. The van der Waals surface area contributed by atoms with Gasteiger partial charge in [0.05, 0.1) is 7.11 Å². The van der Waals surface area contributed by atoms with Gasteiger partial charge in [0, 0.05) is 13.1 Å². The minimum Gasteiger partial charge on any atom is -0.482 e. The van der Waals surface area contributed by atoms with Gasteiger partial charge in [-0.1, -0.05) is 0 Å². The van der Waals surface area contributed by atoms with Crippen LogP contribution in [0.5, 0.6) is 0 Å². The molecule has 0 unspecified atom stereocenters. The predicted molar refractivity (Wildman–Crippen MR) is 29.2 cm³/mol. The van der Waals surface area contributed by atoms with E-state index in [0.717, 1.165) is 5.88 Å². The van der Waals surface area contributed by atoms with Crippen LogP contribution in [0.1, 0.15) is 0 Å². The summed E-state index contributed by atoms with van der Waals surface area (Å²) in [6.45, 7) is 2.86. The van der Waals surface area contributed by atoms with Crippen molar-refractivity contribution in [2.24, 2.45) is 0 Å². The summed E-state index contributed by atoms with van der Waals surface area (Å²) in [4.78, 5) is 0. The Morgan fingerprint density at radius 1 is 1.88 bits per heavy atom. The second-order valence-electron chi connectivity index (χ2n) is 1.51. The van der Waals surface area contributed by atoms with Gasteiger partial charge < -0.3 is 4.74 Å². The number of hydrazine groups is 1. The van der Waals surface area contributed by atoms with Gasteiger partial charge in [-0.15, -0.1) is 0 Å². The number of likely N-dealkylation sites (N-methyl/N-ethyl adjacent to an activating group) is 1. The van der Waals surface area contributed by atoms with E-state index in [1.54, 1.807) is 18.2 Å². The van der Waals surface area contributed by atoms with Crippen LogP contribution in [-0.2, 0) is 4.74 Å². The molecule has 0 spiro atoms. The molecule has 8 heavy (non-hydrogen) atoms. The lowest BCUT2D eigenvalue weighted by Crippen LogP contribution is -2.25. The third-order valence-electron chi connectivity index (χ3n) is 0.887. The zero-order valence-corrected chi connectivity index (χ0v) is 4.93. The molecule has 0 aromatic heterocycles. The Labute approximate surface area is 48.9 Å². The summed E-state index contributed by atoms with van der Waals surface area (Å²) in [6.07, 6.45) is 1.74. The fourth-order valence-electron chi connectivity index (χ4n) is 0.490. The molecule has 0 aromatic carbocycles. The highest BCUT2D eigenvalue weighted by molar-refractivity contribution is 5.04. The molecule has 1 heterocycles. The van der Waals surface area contributed by atoms with Crippen LogP contribution < -0.4 is 5.43 Å². The summed E-state index contributed by atoms with van der Waals surface area (Å²) in [5.74, 6) is 0.729. The Morgan fingerprint density at radius 2 is 2.62 bits per heavy atom. The Morgan fingerprint density at radius 3 is 2.88 bits per heavy atom. The van der Waals surface area contributed by atoms with Crippen molar-refractivity contribution in [1.82, 2.24) is 10.4 Å². The molecular weight excluding hydrogens is 104 g/mol. The molecule has 0 amide bonds. The molecule has 1 aliphatic heterocycles. The normalized spacial score (nSPS) is 20.0. The average Bonchev–Trinajstić information content (AvgIpc) is 2.14. The Hall–Kier alpha value is -0.700. The van der Waals surface area contributed by atoms with Gasteiger partial charge in [0.1, 0.15) is 6.54 Å². The van der Waals surface area contributed by atoms with Crippen LogP contribution in [-0.4, -0.2) is 19.2 Å². The first-order valence-corrected chi connectivity index (χ1v) is 2.33. The molecule has 1 rings (SSSR count). The summed E-state index contributed by atoms with van der Waals surface area (Å²) in [6, 6.07) is 0. The van der Waals surface area contributed by atoms with Gasteiger partial charge in [-0.2, -0.15) is 0 Å². The van der Waals surface area contributed by atoms with Gasteiger partial charge in [0.2, 0.25) is 0 Å². The second-order valence-corrected chi connectivity index (χ2v) is 1.51. The van der Waals surface area contributed by atoms with Gasteiger partial charge in [-0.05, 0) is 0 Å². The van der Waals surface area contributed by atoms with E-state index in [-0.39, 0.29) is 0 Å². The first-order valence-electron chi connectivity index (χ1n) is 2.33. The van der Waals surface area contributed by atoms with Crippen LogP contribution in [0.3, 0.4) is 0 Å². The summed E-state index contributed by atoms with van der Waals surface area (Å²) in [5.41, 5.74) is 2.86. The molecule has 0 bridgehead atoms. The molecular formula is C5H8N2O. The molecule has 3 heteroatoms. The van der Waals surface area contributed by atoms with E-state index in [1.807, 2.05) is 7.05 Å². The Kier molecular flexibility index (Phi) is 1.39. The molecule has 0 aliphatic carbocycles. The van der Waals surface area contributed by atoms with E-state index in [1.165, 1.54) is 0 Å². The van der Waals surface area contributed by atoms with Gasteiger partial charge in [-0.25, -0.2) is 5.01 Å². The van der Waals surface area contributed by atoms with Crippen LogP contribution in [0.4, 0.5) is 0 Å². The van der Waals surface area contributed by atoms with Crippen molar-refractivity contribution < 1.29 is 4.74 Å². The summed E-state index contributed by atoms with van der Waals surface area (Å²) in [7, 11) is 3.46. The third kappa shape index (κ3) is 0.924. The number of methoxy groups -OCH3 is 1. The maximum atomic E-state index is 4.83. The van der Waals surface area contributed by atoms with Crippen LogP contribution in [0, 0.1) is 6.54 Å². The van der Waals surface area contributed by atoms with Crippen LogP contribution in [0.2, 0.25) is 0 Å². The smallest absolute Gasteiger partial charge is 0.199 e. The van der Waals surface area contributed by atoms with Gasteiger partial charge in [0.25, 0.3) is 0 Å². The van der Waals surface area contributed by atoms with Crippen molar-refractivity contribution in [3.63, 3.8) is 0 Å². The quantitative estimate of drug-likeness (QED) is 0.515. The highest BCUT2D eigenvalue weighted by Gasteiger charge is 2.07. The summed E-state index contributed by atoms with van der Waals surface area (Å²) in [5, 5.41) is 1.69. The Balaban J connectivity index is 2.37. The first kappa shape index (κ1) is 5.44. The molecule has 3 nitrogen and oxygen atoms in total. The lowest BCUT2D eigenvalue weighted by molar-refractivity contribution is 0.214. The molecule has 0 atom stereocenters. The van der Waals surface area contributed by atoms with Crippen molar-refractivity contribution in [2.75, 3.05) is 14.2 Å². The van der Waals surface area contributed by atoms with E-state index < -0.39 is 0 Å². The monoisotopic (exact) mass is 112 g/mol. The SMILES string of the molecule is COC1=C[C]N(C)N1. The fraction of sp³-hybridized carbons (Fsp3) is 0.400. The first-order chi connectivity index (χ1) is 3.83. The van der Waals surface area contributed by atoms with Crippen LogP contribution >= 0.6 is 0 Å². The third-order valence-corrected chi connectivity index (χ3v) is 0.887. The molecule has 44 valence electrons. The standard InChI is InChI=1S/C5H8N2O/c1-7-4-3-5(6-7)8-2/h3,6H,1-2H3. The Bertz CT molecular complexity index is 111. The lowest BCUT2D eigenvalue weighted by Gasteiger charge is -2.08. The lowest BCUT2D eigenvalue weighted by atomic mass is 10.6. The van der Waals surface area contributed by atoms with E-state index in [2.05, 4.69) is 12.0 Å². The van der Waals surface area contributed by atoms with E-state index in [4.69, 9.17) is 4.74 Å². The minimum absolute atomic E-state index is 0.729.